The fraction of sp³-hybridized carbons (Fsp3) is 0.0833. The number of hydrogen-bond acceptors (Lipinski definition) is 4. The molecule has 0 aliphatic carbocycles. The molecule has 2 rings (SSSR count). The molecule has 0 aromatic heterocycles. The van der Waals surface area contributed by atoms with Gasteiger partial charge in [-0.15, -0.1) is 0 Å². The number of hydrogen-bond donors (Lipinski definition) is 0. The average molecular weight is 357 g/mol. The van der Waals surface area contributed by atoms with Crippen LogP contribution in [0.4, 0.5) is 5.69 Å². The number of halogens is 1. The zero-order valence-electron chi connectivity index (χ0n) is 9.34. The number of nitrogens with zero attached hydrogens (tertiary/aromatic N) is 1. The van der Waals surface area contributed by atoms with Gasteiger partial charge in [-0.05, 0) is 34.0 Å². The Labute approximate surface area is 116 Å². The molecule has 18 heavy (non-hydrogen) atoms. The third-order valence-electron chi connectivity index (χ3n) is 2.53. The molecule has 5 nitrogen and oxygen atoms in total. The number of carbonyl (C=O) groups excluding carboxylic acids is 1. The highest BCUT2D eigenvalue weighted by Crippen LogP contribution is 2.29. The second kappa shape index (κ2) is 4.89. The van der Waals surface area contributed by atoms with E-state index in [2.05, 4.69) is 27.3 Å². The van der Waals surface area contributed by atoms with Gasteiger partial charge in [0, 0.05) is 21.1 Å². The highest BCUT2D eigenvalue weighted by atomic mass is 127. The first-order valence-electron chi connectivity index (χ1n) is 4.99. The summed E-state index contributed by atoms with van der Waals surface area (Å²) in [7, 11) is 1.25. The van der Waals surface area contributed by atoms with Crippen LogP contribution in [0.2, 0.25) is 0 Å². The van der Waals surface area contributed by atoms with Crippen LogP contribution < -0.4 is 0 Å². The summed E-state index contributed by atoms with van der Waals surface area (Å²) < 4.78 is 5.52. The summed E-state index contributed by atoms with van der Waals surface area (Å²) in [6, 6.07) is 8.05. The monoisotopic (exact) mass is 357 g/mol. The van der Waals surface area contributed by atoms with E-state index in [4.69, 9.17) is 0 Å². The first kappa shape index (κ1) is 12.7. The normalized spacial score (nSPS) is 10.3. The van der Waals surface area contributed by atoms with Crippen molar-refractivity contribution in [1.82, 2.24) is 0 Å². The van der Waals surface area contributed by atoms with Crippen molar-refractivity contribution in [3.8, 4) is 0 Å². The molecule has 0 spiro atoms. The lowest BCUT2D eigenvalue weighted by Gasteiger charge is -2.07. The van der Waals surface area contributed by atoms with Gasteiger partial charge in [-0.1, -0.05) is 12.1 Å². The van der Waals surface area contributed by atoms with E-state index in [1.165, 1.54) is 19.2 Å². The molecule has 0 N–H and O–H groups in total. The second-order valence-electron chi connectivity index (χ2n) is 3.58. The van der Waals surface area contributed by atoms with E-state index in [9.17, 15) is 14.9 Å². The first-order valence-corrected chi connectivity index (χ1v) is 6.07. The highest BCUT2D eigenvalue weighted by Gasteiger charge is 2.18. The molecule has 2 aromatic carbocycles. The molecule has 0 saturated carbocycles. The summed E-state index contributed by atoms with van der Waals surface area (Å²) in [4.78, 5) is 22.0. The average Bonchev–Trinajstić information content (AvgIpc) is 2.36. The van der Waals surface area contributed by atoms with E-state index in [0.29, 0.717) is 10.8 Å². The zero-order valence-corrected chi connectivity index (χ0v) is 11.5. The van der Waals surface area contributed by atoms with Gasteiger partial charge in [0.2, 0.25) is 0 Å². The summed E-state index contributed by atoms with van der Waals surface area (Å²) in [5.74, 6) is -0.576. The van der Waals surface area contributed by atoms with Gasteiger partial charge in [-0.2, -0.15) is 0 Å². The van der Waals surface area contributed by atoms with Crippen molar-refractivity contribution < 1.29 is 14.5 Å². The molecule has 2 aromatic rings. The molecule has 0 radical (unpaired) electrons. The van der Waals surface area contributed by atoms with Gasteiger partial charge < -0.3 is 4.74 Å². The lowest BCUT2D eigenvalue weighted by atomic mass is 10.0. The smallest absolute Gasteiger partial charge is 0.338 e. The van der Waals surface area contributed by atoms with Crippen molar-refractivity contribution >= 4 is 45.0 Å². The minimum atomic E-state index is -0.576. The summed E-state index contributed by atoms with van der Waals surface area (Å²) in [5.41, 5.74) is 0.0941. The number of rotatable bonds is 2. The van der Waals surface area contributed by atoms with Gasteiger partial charge in [-0.25, -0.2) is 4.79 Å². The number of benzene rings is 2. The SMILES string of the molecule is COC(=O)c1cc([N+](=O)[O-])cc2cccc(I)c12. The van der Waals surface area contributed by atoms with E-state index in [1.807, 2.05) is 6.07 Å². The number of fused-ring (bicyclic) bond motifs is 1. The van der Waals surface area contributed by atoms with E-state index in [1.54, 1.807) is 12.1 Å². The lowest BCUT2D eigenvalue weighted by molar-refractivity contribution is -0.384. The summed E-state index contributed by atoms with van der Waals surface area (Å²) in [6.07, 6.45) is 0. The molecule has 0 aliphatic rings. The van der Waals surface area contributed by atoms with Gasteiger partial charge >= 0.3 is 5.97 Å². The van der Waals surface area contributed by atoms with Crippen molar-refractivity contribution in [2.75, 3.05) is 7.11 Å². The maximum absolute atomic E-state index is 11.7. The number of ether oxygens (including phenoxy) is 1. The van der Waals surface area contributed by atoms with Crippen LogP contribution in [0.3, 0.4) is 0 Å². The largest absolute Gasteiger partial charge is 0.465 e. The Hall–Kier alpha value is -1.70. The van der Waals surface area contributed by atoms with Gasteiger partial charge in [0.1, 0.15) is 0 Å². The number of methoxy groups -OCH3 is 1. The van der Waals surface area contributed by atoms with Crippen LogP contribution in [-0.2, 0) is 4.74 Å². The first-order chi connectivity index (χ1) is 8.54. The summed E-state index contributed by atoms with van der Waals surface area (Å²) in [6.45, 7) is 0. The van der Waals surface area contributed by atoms with Crippen LogP contribution in [0.1, 0.15) is 10.4 Å². The molecular weight excluding hydrogens is 349 g/mol. The van der Waals surface area contributed by atoms with E-state index < -0.39 is 10.9 Å². The summed E-state index contributed by atoms with van der Waals surface area (Å²) in [5, 5.41) is 12.2. The molecule has 0 amide bonds. The van der Waals surface area contributed by atoms with Crippen molar-refractivity contribution in [2.45, 2.75) is 0 Å². The number of carbonyl (C=O) groups is 1. The topological polar surface area (TPSA) is 69.4 Å². The predicted molar refractivity (Wildman–Crippen MR) is 74.7 cm³/mol. The fourth-order valence-electron chi connectivity index (χ4n) is 1.74. The molecule has 0 aliphatic heterocycles. The number of esters is 1. The highest BCUT2D eigenvalue weighted by molar-refractivity contribution is 14.1. The molecule has 6 heteroatoms. The zero-order chi connectivity index (χ0) is 13.3. The molecule has 0 saturated heterocycles. The van der Waals surface area contributed by atoms with Crippen molar-refractivity contribution in [3.63, 3.8) is 0 Å². The third-order valence-corrected chi connectivity index (χ3v) is 3.43. The Morgan fingerprint density at radius 1 is 1.39 bits per heavy atom. The minimum Gasteiger partial charge on any atom is -0.465 e. The van der Waals surface area contributed by atoms with Crippen LogP contribution in [0.15, 0.2) is 30.3 Å². The molecule has 0 bridgehead atoms. The van der Waals surface area contributed by atoms with E-state index in [-0.39, 0.29) is 11.3 Å². The Balaban J connectivity index is 2.86. The fourth-order valence-corrected chi connectivity index (χ4v) is 2.55. The Morgan fingerprint density at radius 2 is 2.11 bits per heavy atom. The van der Waals surface area contributed by atoms with Crippen LogP contribution >= 0.6 is 22.6 Å². The molecular formula is C12H8INO4. The lowest BCUT2D eigenvalue weighted by Crippen LogP contribution is -2.04. The van der Waals surface area contributed by atoms with Gasteiger partial charge in [0.25, 0.3) is 5.69 Å². The molecule has 0 heterocycles. The Kier molecular flexibility index (Phi) is 3.46. The van der Waals surface area contributed by atoms with Crippen LogP contribution in [-0.4, -0.2) is 18.0 Å². The van der Waals surface area contributed by atoms with Crippen molar-refractivity contribution in [2.24, 2.45) is 0 Å². The van der Waals surface area contributed by atoms with Crippen LogP contribution in [0.5, 0.6) is 0 Å². The molecule has 0 atom stereocenters. The quantitative estimate of drug-likeness (QED) is 0.358. The summed E-state index contributed by atoms with van der Waals surface area (Å²) >= 11 is 2.08. The Bertz CT molecular complexity index is 654. The number of non-ortho nitro benzene ring substituents is 1. The third kappa shape index (κ3) is 2.15. The van der Waals surface area contributed by atoms with Crippen LogP contribution in [0, 0.1) is 13.7 Å². The Morgan fingerprint density at radius 3 is 2.72 bits per heavy atom. The van der Waals surface area contributed by atoms with Gasteiger partial charge in [0.05, 0.1) is 17.6 Å². The minimum absolute atomic E-state index is 0.120. The second-order valence-corrected chi connectivity index (χ2v) is 4.74. The van der Waals surface area contributed by atoms with Gasteiger partial charge in [0.15, 0.2) is 0 Å². The standard InChI is InChI=1S/C12H8INO4/c1-18-12(15)9-6-8(14(16)17)5-7-3-2-4-10(13)11(7)9/h2-6H,1H3. The van der Waals surface area contributed by atoms with E-state index in [0.717, 1.165) is 3.57 Å². The number of nitro groups is 1. The van der Waals surface area contributed by atoms with Crippen molar-refractivity contribution in [3.05, 3.63) is 49.6 Å². The van der Waals surface area contributed by atoms with E-state index >= 15 is 0 Å². The maximum atomic E-state index is 11.7. The van der Waals surface area contributed by atoms with Gasteiger partial charge in [-0.3, -0.25) is 10.1 Å². The predicted octanol–water partition coefficient (Wildman–Crippen LogP) is 3.14. The molecule has 0 fully saturated rings. The number of nitro benzene ring substituents is 1. The molecule has 92 valence electrons. The van der Waals surface area contributed by atoms with Crippen LogP contribution in [0.25, 0.3) is 10.8 Å². The van der Waals surface area contributed by atoms with Crippen molar-refractivity contribution in [1.29, 1.82) is 0 Å². The molecule has 0 unspecified atom stereocenters. The maximum Gasteiger partial charge on any atom is 0.338 e.